The summed E-state index contributed by atoms with van der Waals surface area (Å²) in [5.74, 6) is 4.25. The smallest absolute Gasteiger partial charge is 0.243 e. The molecule has 1 fully saturated rings. The molecule has 1 saturated carbocycles. The molecule has 0 aromatic carbocycles. The first-order valence-corrected chi connectivity index (χ1v) is 7.74. The molecule has 2 aromatic heterocycles. The number of rotatable bonds is 4. The molecule has 1 aliphatic heterocycles. The maximum atomic E-state index is 5.45. The van der Waals surface area contributed by atoms with E-state index in [-0.39, 0.29) is 6.04 Å². The molecule has 7 nitrogen and oxygen atoms in total. The highest BCUT2D eigenvalue weighted by molar-refractivity contribution is 5.06. The Morgan fingerprint density at radius 3 is 2.90 bits per heavy atom. The van der Waals surface area contributed by atoms with Crippen LogP contribution in [0.2, 0.25) is 0 Å². The summed E-state index contributed by atoms with van der Waals surface area (Å²) in [5.41, 5.74) is 0. The Kier molecular flexibility index (Phi) is 3.02. The fourth-order valence-corrected chi connectivity index (χ4v) is 2.91. The molecule has 3 heterocycles. The largest absolute Gasteiger partial charge is 0.338 e. The van der Waals surface area contributed by atoms with Crippen LogP contribution in [-0.2, 0) is 19.5 Å². The van der Waals surface area contributed by atoms with Crippen molar-refractivity contribution in [3.63, 3.8) is 0 Å². The first kappa shape index (κ1) is 12.9. The third kappa shape index (κ3) is 2.25. The van der Waals surface area contributed by atoms with Gasteiger partial charge < -0.3 is 9.09 Å². The monoisotopic (exact) mass is 288 g/mol. The van der Waals surface area contributed by atoms with E-state index in [9.17, 15) is 0 Å². The molecule has 21 heavy (non-hydrogen) atoms. The first-order chi connectivity index (χ1) is 10.3. The summed E-state index contributed by atoms with van der Waals surface area (Å²) in [6.07, 6.45) is 3.32. The molecule has 0 N–H and O–H groups in total. The maximum absolute atomic E-state index is 5.45. The van der Waals surface area contributed by atoms with Crippen LogP contribution in [0.25, 0.3) is 0 Å². The molecule has 7 heteroatoms. The number of hydrogen-bond donors (Lipinski definition) is 0. The normalized spacial score (nSPS) is 20.5. The predicted molar refractivity (Wildman–Crippen MR) is 74.5 cm³/mol. The van der Waals surface area contributed by atoms with Crippen LogP contribution in [-0.4, -0.2) is 36.3 Å². The minimum atomic E-state index is 0.125. The summed E-state index contributed by atoms with van der Waals surface area (Å²) in [4.78, 5) is 6.89. The molecule has 0 amide bonds. The SMILES string of the molecule is CCc1nnc2n1CCN([C@H](C)c1nc(C3CC3)no1)C2. The predicted octanol–water partition coefficient (Wildman–Crippen LogP) is 1.68. The Bertz CT molecular complexity index is 644. The Hall–Kier alpha value is -1.76. The number of fused-ring (bicyclic) bond motifs is 1. The van der Waals surface area contributed by atoms with Gasteiger partial charge in [-0.3, -0.25) is 4.90 Å². The van der Waals surface area contributed by atoms with Crippen molar-refractivity contribution in [2.24, 2.45) is 0 Å². The van der Waals surface area contributed by atoms with Gasteiger partial charge >= 0.3 is 0 Å². The van der Waals surface area contributed by atoms with Crippen molar-refractivity contribution in [2.45, 2.75) is 58.2 Å². The molecule has 0 radical (unpaired) electrons. The highest BCUT2D eigenvalue weighted by Crippen LogP contribution is 2.38. The van der Waals surface area contributed by atoms with E-state index >= 15 is 0 Å². The van der Waals surface area contributed by atoms with Gasteiger partial charge in [-0.2, -0.15) is 4.98 Å². The van der Waals surface area contributed by atoms with Crippen molar-refractivity contribution in [2.75, 3.05) is 6.54 Å². The summed E-state index contributed by atoms with van der Waals surface area (Å²) < 4.78 is 7.68. The molecule has 0 saturated heterocycles. The third-order valence-corrected chi connectivity index (χ3v) is 4.48. The van der Waals surface area contributed by atoms with E-state index in [1.165, 1.54) is 12.8 Å². The van der Waals surface area contributed by atoms with E-state index in [1.54, 1.807) is 0 Å². The molecule has 0 unspecified atom stereocenters. The zero-order valence-corrected chi connectivity index (χ0v) is 12.5. The number of nitrogens with zero attached hydrogens (tertiary/aromatic N) is 6. The fraction of sp³-hybridized carbons (Fsp3) is 0.714. The molecule has 2 aliphatic rings. The van der Waals surface area contributed by atoms with Gasteiger partial charge in [0.1, 0.15) is 11.6 Å². The van der Waals surface area contributed by atoms with E-state index in [0.29, 0.717) is 5.92 Å². The average molecular weight is 288 g/mol. The van der Waals surface area contributed by atoms with Crippen LogP contribution in [0.1, 0.15) is 62.0 Å². The lowest BCUT2D eigenvalue weighted by atomic mass is 10.2. The van der Waals surface area contributed by atoms with Crippen LogP contribution in [0.15, 0.2) is 4.52 Å². The minimum absolute atomic E-state index is 0.125. The molecule has 0 spiro atoms. The molecule has 1 aliphatic carbocycles. The van der Waals surface area contributed by atoms with Crippen LogP contribution < -0.4 is 0 Å². The van der Waals surface area contributed by atoms with Gasteiger partial charge in [0.25, 0.3) is 0 Å². The van der Waals surface area contributed by atoms with E-state index in [2.05, 4.69) is 43.7 Å². The second kappa shape index (κ2) is 4.91. The topological polar surface area (TPSA) is 72.9 Å². The van der Waals surface area contributed by atoms with Crippen molar-refractivity contribution in [1.82, 2.24) is 29.8 Å². The van der Waals surface area contributed by atoms with E-state index in [1.807, 2.05) is 0 Å². The van der Waals surface area contributed by atoms with Gasteiger partial charge in [-0.05, 0) is 19.8 Å². The highest BCUT2D eigenvalue weighted by Gasteiger charge is 2.32. The first-order valence-electron chi connectivity index (χ1n) is 7.74. The Morgan fingerprint density at radius 1 is 1.29 bits per heavy atom. The number of aromatic nitrogens is 5. The Balaban J connectivity index is 1.51. The van der Waals surface area contributed by atoms with Gasteiger partial charge in [0.15, 0.2) is 5.82 Å². The van der Waals surface area contributed by atoms with E-state index in [4.69, 9.17) is 4.52 Å². The van der Waals surface area contributed by atoms with Gasteiger partial charge in [-0.15, -0.1) is 10.2 Å². The van der Waals surface area contributed by atoms with Crippen LogP contribution in [0, 0.1) is 0 Å². The molecule has 2 aromatic rings. The molecular weight excluding hydrogens is 268 g/mol. The molecule has 4 rings (SSSR count). The highest BCUT2D eigenvalue weighted by atomic mass is 16.5. The van der Waals surface area contributed by atoms with Crippen molar-refractivity contribution in [1.29, 1.82) is 0 Å². The lowest BCUT2D eigenvalue weighted by Crippen LogP contribution is -2.36. The van der Waals surface area contributed by atoms with Gasteiger partial charge in [0.05, 0.1) is 12.6 Å². The van der Waals surface area contributed by atoms with Crippen molar-refractivity contribution in [3.8, 4) is 0 Å². The lowest BCUT2D eigenvalue weighted by molar-refractivity contribution is 0.135. The third-order valence-electron chi connectivity index (χ3n) is 4.48. The van der Waals surface area contributed by atoms with Crippen LogP contribution in [0.5, 0.6) is 0 Å². The van der Waals surface area contributed by atoms with E-state index in [0.717, 1.165) is 49.4 Å². The molecule has 1 atom stereocenters. The lowest BCUT2D eigenvalue weighted by Gasteiger charge is -2.30. The maximum Gasteiger partial charge on any atom is 0.243 e. The Labute approximate surface area is 123 Å². The Morgan fingerprint density at radius 2 is 2.14 bits per heavy atom. The number of aryl methyl sites for hydroxylation is 1. The minimum Gasteiger partial charge on any atom is -0.338 e. The van der Waals surface area contributed by atoms with Gasteiger partial charge in [-0.25, -0.2) is 0 Å². The van der Waals surface area contributed by atoms with Crippen molar-refractivity contribution in [3.05, 3.63) is 23.4 Å². The van der Waals surface area contributed by atoms with Gasteiger partial charge in [0, 0.05) is 25.4 Å². The molecule has 0 bridgehead atoms. The number of hydrogen-bond acceptors (Lipinski definition) is 6. The summed E-state index contributed by atoms with van der Waals surface area (Å²) >= 11 is 0. The van der Waals surface area contributed by atoms with Crippen molar-refractivity contribution < 1.29 is 4.52 Å². The molecular formula is C14H20N6O. The second-order valence-electron chi connectivity index (χ2n) is 5.95. The fourth-order valence-electron chi connectivity index (χ4n) is 2.91. The second-order valence-corrected chi connectivity index (χ2v) is 5.95. The van der Waals surface area contributed by atoms with E-state index < -0.39 is 0 Å². The van der Waals surface area contributed by atoms with Crippen LogP contribution in [0.4, 0.5) is 0 Å². The average Bonchev–Trinajstić information content (AvgIpc) is 3.11. The van der Waals surface area contributed by atoms with Crippen molar-refractivity contribution >= 4 is 0 Å². The zero-order valence-electron chi connectivity index (χ0n) is 12.5. The van der Waals surface area contributed by atoms with Gasteiger partial charge in [0.2, 0.25) is 5.89 Å². The molecule has 112 valence electrons. The quantitative estimate of drug-likeness (QED) is 0.852. The summed E-state index contributed by atoms with van der Waals surface area (Å²) in [5, 5.41) is 12.7. The van der Waals surface area contributed by atoms with Crippen LogP contribution >= 0.6 is 0 Å². The summed E-state index contributed by atoms with van der Waals surface area (Å²) in [6, 6.07) is 0.125. The standard InChI is InChI=1S/C14H20N6O/c1-3-11-16-17-12-8-19(6-7-20(11)12)9(2)14-15-13(18-21-14)10-4-5-10/h9-10H,3-8H2,1-2H3/t9-/m1/s1. The van der Waals surface area contributed by atoms with Gasteiger partial charge in [-0.1, -0.05) is 12.1 Å². The van der Waals surface area contributed by atoms with Crippen LogP contribution in [0.3, 0.4) is 0 Å². The summed E-state index contributed by atoms with van der Waals surface area (Å²) in [7, 11) is 0. The zero-order chi connectivity index (χ0) is 14.4. The summed E-state index contributed by atoms with van der Waals surface area (Å²) in [6.45, 7) is 6.91.